The number of rotatable bonds is 5. The molecule has 0 saturated carbocycles. The van der Waals surface area contributed by atoms with Crippen molar-refractivity contribution in [2.75, 3.05) is 20.8 Å². The Balaban J connectivity index is 2.74. The number of hydrogen-bond acceptors (Lipinski definition) is 5. The molecule has 1 unspecified atom stereocenters. The van der Waals surface area contributed by atoms with Gasteiger partial charge in [0.1, 0.15) is 5.75 Å². The van der Waals surface area contributed by atoms with Crippen LogP contribution in [0, 0.1) is 0 Å². The van der Waals surface area contributed by atoms with E-state index >= 15 is 0 Å². The first-order chi connectivity index (χ1) is 7.71. The van der Waals surface area contributed by atoms with E-state index in [1.807, 2.05) is 0 Å². The normalized spacial score (nSPS) is 11.9. The van der Waals surface area contributed by atoms with E-state index in [2.05, 4.69) is 9.72 Å². The number of nitrogens with two attached hydrogens (primary N) is 1. The van der Waals surface area contributed by atoms with Crippen LogP contribution in [-0.4, -0.2) is 31.7 Å². The van der Waals surface area contributed by atoms with Gasteiger partial charge in [-0.15, -0.1) is 0 Å². The molecule has 1 atom stereocenters. The summed E-state index contributed by atoms with van der Waals surface area (Å²) in [4.78, 5) is 15.3. The van der Waals surface area contributed by atoms with Gasteiger partial charge in [-0.25, -0.2) is 0 Å². The van der Waals surface area contributed by atoms with E-state index in [-0.39, 0.29) is 18.3 Å². The van der Waals surface area contributed by atoms with E-state index in [0.29, 0.717) is 12.3 Å². The smallest absolute Gasteiger partial charge is 0.306 e. The van der Waals surface area contributed by atoms with E-state index in [1.165, 1.54) is 7.11 Å². The molecular formula is C11H16N2O3. The molecule has 1 heterocycles. The lowest BCUT2D eigenvalue weighted by atomic mass is 10.0. The first-order valence-corrected chi connectivity index (χ1v) is 4.98. The molecule has 0 amide bonds. The molecule has 0 fully saturated rings. The van der Waals surface area contributed by atoms with Crippen LogP contribution in [0.1, 0.15) is 18.0 Å². The molecule has 88 valence electrons. The predicted octanol–water partition coefficient (Wildman–Crippen LogP) is 0.696. The van der Waals surface area contributed by atoms with Gasteiger partial charge in [0.2, 0.25) is 0 Å². The number of carbonyl (C=O) groups is 1. The number of pyridine rings is 1. The zero-order valence-electron chi connectivity index (χ0n) is 9.47. The maximum absolute atomic E-state index is 11.1. The van der Waals surface area contributed by atoms with Crippen LogP contribution in [0.25, 0.3) is 0 Å². The van der Waals surface area contributed by atoms with Gasteiger partial charge in [0.25, 0.3) is 0 Å². The number of methoxy groups -OCH3 is 2. The number of carbonyl (C=O) groups excluding carboxylic acids is 1. The Labute approximate surface area is 94.6 Å². The van der Waals surface area contributed by atoms with Crippen molar-refractivity contribution in [3.8, 4) is 5.75 Å². The van der Waals surface area contributed by atoms with Gasteiger partial charge in [-0.2, -0.15) is 0 Å². The van der Waals surface area contributed by atoms with Gasteiger partial charge < -0.3 is 15.2 Å². The highest BCUT2D eigenvalue weighted by Crippen LogP contribution is 2.19. The van der Waals surface area contributed by atoms with Gasteiger partial charge in [-0.1, -0.05) is 0 Å². The number of nitrogens with zero attached hydrogens (tertiary/aromatic N) is 1. The van der Waals surface area contributed by atoms with Crippen LogP contribution in [0.15, 0.2) is 18.3 Å². The first kappa shape index (κ1) is 12.4. The van der Waals surface area contributed by atoms with Crippen molar-refractivity contribution in [1.29, 1.82) is 0 Å². The van der Waals surface area contributed by atoms with Gasteiger partial charge in [-0.3, -0.25) is 9.78 Å². The third kappa shape index (κ3) is 3.20. The summed E-state index contributed by atoms with van der Waals surface area (Å²) in [6.45, 7) is 0.356. The van der Waals surface area contributed by atoms with E-state index in [0.717, 1.165) is 5.69 Å². The van der Waals surface area contributed by atoms with Gasteiger partial charge in [-0.05, 0) is 12.1 Å². The van der Waals surface area contributed by atoms with Crippen molar-refractivity contribution in [2.24, 2.45) is 5.73 Å². The highest BCUT2D eigenvalue weighted by Gasteiger charge is 2.16. The molecule has 1 rings (SSSR count). The molecule has 1 aromatic rings. The van der Waals surface area contributed by atoms with Gasteiger partial charge >= 0.3 is 5.97 Å². The second kappa shape index (κ2) is 6.07. The molecule has 0 aliphatic heterocycles. The SMILES string of the molecule is COC(=O)CC(CN)c1ccc(OC)cn1. The highest BCUT2D eigenvalue weighted by atomic mass is 16.5. The Kier molecular flexibility index (Phi) is 4.72. The van der Waals surface area contributed by atoms with Crippen molar-refractivity contribution in [1.82, 2.24) is 4.98 Å². The fourth-order valence-corrected chi connectivity index (χ4v) is 1.35. The molecule has 0 spiro atoms. The van der Waals surface area contributed by atoms with Crippen LogP contribution in [0.2, 0.25) is 0 Å². The lowest BCUT2D eigenvalue weighted by Crippen LogP contribution is -2.18. The number of esters is 1. The van der Waals surface area contributed by atoms with Gasteiger partial charge in [0.15, 0.2) is 0 Å². The Morgan fingerprint density at radius 2 is 2.25 bits per heavy atom. The number of aromatic nitrogens is 1. The fraction of sp³-hybridized carbons (Fsp3) is 0.455. The summed E-state index contributed by atoms with van der Waals surface area (Å²) in [5.41, 5.74) is 6.37. The molecule has 2 N–H and O–H groups in total. The Hall–Kier alpha value is -1.62. The minimum absolute atomic E-state index is 0.113. The van der Waals surface area contributed by atoms with E-state index in [1.54, 1.807) is 25.4 Å². The van der Waals surface area contributed by atoms with Gasteiger partial charge in [0.05, 0.1) is 26.8 Å². The predicted molar refractivity (Wildman–Crippen MR) is 59.2 cm³/mol. The summed E-state index contributed by atoms with van der Waals surface area (Å²) in [6, 6.07) is 3.60. The summed E-state index contributed by atoms with van der Waals surface area (Å²) in [7, 11) is 2.93. The maximum Gasteiger partial charge on any atom is 0.306 e. The number of hydrogen-bond donors (Lipinski definition) is 1. The molecular weight excluding hydrogens is 208 g/mol. The Morgan fingerprint density at radius 1 is 1.50 bits per heavy atom. The largest absolute Gasteiger partial charge is 0.495 e. The zero-order chi connectivity index (χ0) is 12.0. The quantitative estimate of drug-likeness (QED) is 0.745. The van der Waals surface area contributed by atoms with E-state index < -0.39 is 0 Å². The Morgan fingerprint density at radius 3 is 2.69 bits per heavy atom. The molecule has 0 aromatic carbocycles. The van der Waals surface area contributed by atoms with Crippen LogP contribution in [0.3, 0.4) is 0 Å². The molecule has 0 bridgehead atoms. The van der Waals surface area contributed by atoms with Crippen molar-refractivity contribution in [2.45, 2.75) is 12.3 Å². The zero-order valence-corrected chi connectivity index (χ0v) is 9.47. The minimum Gasteiger partial charge on any atom is -0.495 e. The first-order valence-electron chi connectivity index (χ1n) is 4.98. The summed E-state index contributed by atoms with van der Waals surface area (Å²) >= 11 is 0. The molecule has 1 aromatic heterocycles. The number of ether oxygens (including phenoxy) is 2. The molecule has 5 heteroatoms. The lowest BCUT2D eigenvalue weighted by molar-refractivity contribution is -0.141. The molecule has 0 aliphatic rings. The monoisotopic (exact) mass is 224 g/mol. The maximum atomic E-state index is 11.1. The van der Waals surface area contributed by atoms with Crippen molar-refractivity contribution in [3.05, 3.63) is 24.0 Å². The minimum atomic E-state index is -0.284. The Bertz CT molecular complexity index is 338. The van der Waals surface area contributed by atoms with E-state index in [4.69, 9.17) is 10.5 Å². The van der Waals surface area contributed by atoms with Crippen LogP contribution >= 0.6 is 0 Å². The second-order valence-corrected chi connectivity index (χ2v) is 3.34. The van der Waals surface area contributed by atoms with Crippen LogP contribution < -0.4 is 10.5 Å². The lowest BCUT2D eigenvalue weighted by Gasteiger charge is -2.12. The summed E-state index contributed by atoms with van der Waals surface area (Å²) in [6.07, 6.45) is 1.85. The highest BCUT2D eigenvalue weighted by molar-refractivity contribution is 5.70. The second-order valence-electron chi connectivity index (χ2n) is 3.34. The molecule has 0 saturated heterocycles. The standard InChI is InChI=1S/C11H16N2O3/c1-15-9-3-4-10(13-7-9)8(6-12)5-11(14)16-2/h3-4,7-8H,5-6,12H2,1-2H3. The molecule has 0 radical (unpaired) electrons. The summed E-state index contributed by atoms with van der Waals surface area (Å²) in [5.74, 6) is 0.281. The third-order valence-corrected chi connectivity index (χ3v) is 2.34. The van der Waals surface area contributed by atoms with Crippen LogP contribution in [0.5, 0.6) is 5.75 Å². The van der Waals surface area contributed by atoms with Crippen molar-refractivity contribution < 1.29 is 14.3 Å². The van der Waals surface area contributed by atoms with E-state index in [9.17, 15) is 4.79 Å². The topological polar surface area (TPSA) is 74.4 Å². The molecule has 16 heavy (non-hydrogen) atoms. The van der Waals surface area contributed by atoms with Crippen molar-refractivity contribution in [3.63, 3.8) is 0 Å². The van der Waals surface area contributed by atoms with Crippen LogP contribution in [0.4, 0.5) is 0 Å². The third-order valence-electron chi connectivity index (χ3n) is 2.34. The fourth-order valence-electron chi connectivity index (χ4n) is 1.35. The summed E-state index contributed by atoms with van der Waals surface area (Å²) in [5, 5.41) is 0. The van der Waals surface area contributed by atoms with Gasteiger partial charge in [0, 0.05) is 18.2 Å². The summed E-state index contributed by atoms with van der Waals surface area (Å²) < 4.78 is 9.60. The molecule has 0 aliphatic carbocycles. The average molecular weight is 224 g/mol. The van der Waals surface area contributed by atoms with Crippen LogP contribution in [-0.2, 0) is 9.53 Å². The van der Waals surface area contributed by atoms with Crippen molar-refractivity contribution >= 4 is 5.97 Å². The average Bonchev–Trinajstić information content (AvgIpc) is 2.35. The molecule has 5 nitrogen and oxygen atoms in total.